The highest BCUT2D eigenvalue weighted by Gasteiger charge is 2.23. The molecule has 1 atom stereocenters. The number of aryl methyl sites for hydroxylation is 1. The molecule has 1 aliphatic heterocycles. The van der Waals surface area contributed by atoms with Crippen molar-refractivity contribution in [2.75, 3.05) is 18.0 Å². The van der Waals surface area contributed by atoms with Crippen LogP contribution in [0.3, 0.4) is 0 Å². The van der Waals surface area contributed by atoms with Crippen molar-refractivity contribution in [1.82, 2.24) is 19.6 Å². The molecule has 0 aliphatic carbocycles. The van der Waals surface area contributed by atoms with Crippen molar-refractivity contribution in [3.8, 4) is 0 Å². The zero-order chi connectivity index (χ0) is 11.1. The van der Waals surface area contributed by atoms with Gasteiger partial charge in [0, 0.05) is 25.5 Å². The molecule has 0 bridgehead atoms. The number of aliphatic hydroxyl groups is 1. The summed E-state index contributed by atoms with van der Waals surface area (Å²) in [6, 6.07) is 0. The van der Waals surface area contributed by atoms with E-state index < -0.39 is 0 Å². The lowest BCUT2D eigenvalue weighted by Gasteiger charge is -2.16. The fraction of sp³-hybridized carbons (Fsp3) is 0.500. The molecule has 0 spiro atoms. The van der Waals surface area contributed by atoms with Gasteiger partial charge in [-0.2, -0.15) is 0 Å². The largest absolute Gasteiger partial charge is 0.391 e. The van der Waals surface area contributed by atoms with Crippen LogP contribution >= 0.6 is 0 Å². The number of fused-ring (bicyclic) bond motifs is 1. The Morgan fingerprint density at radius 1 is 1.44 bits per heavy atom. The van der Waals surface area contributed by atoms with E-state index in [2.05, 4.69) is 15.2 Å². The first-order chi connectivity index (χ1) is 7.75. The molecule has 0 amide bonds. The first kappa shape index (κ1) is 9.53. The van der Waals surface area contributed by atoms with Crippen molar-refractivity contribution in [3.63, 3.8) is 0 Å². The van der Waals surface area contributed by atoms with Gasteiger partial charge in [-0.25, -0.2) is 4.98 Å². The van der Waals surface area contributed by atoms with E-state index in [9.17, 15) is 5.11 Å². The number of rotatable bonds is 1. The van der Waals surface area contributed by atoms with E-state index in [0.717, 1.165) is 30.3 Å². The normalized spacial score (nSPS) is 20.9. The predicted octanol–water partition coefficient (Wildman–Crippen LogP) is 0.00372. The quantitative estimate of drug-likeness (QED) is 0.731. The van der Waals surface area contributed by atoms with Crippen molar-refractivity contribution in [2.24, 2.45) is 0 Å². The van der Waals surface area contributed by atoms with E-state index >= 15 is 0 Å². The summed E-state index contributed by atoms with van der Waals surface area (Å²) in [5.41, 5.74) is 0.758. The molecule has 3 rings (SSSR count). The van der Waals surface area contributed by atoms with Crippen molar-refractivity contribution in [3.05, 3.63) is 18.2 Å². The monoisotopic (exact) mass is 219 g/mol. The zero-order valence-electron chi connectivity index (χ0n) is 9.04. The Morgan fingerprint density at radius 2 is 2.31 bits per heavy atom. The third-order valence-corrected chi connectivity index (χ3v) is 2.94. The Morgan fingerprint density at radius 3 is 3.06 bits per heavy atom. The van der Waals surface area contributed by atoms with E-state index in [0.29, 0.717) is 6.54 Å². The second-order valence-corrected chi connectivity index (χ2v) is 4.08. The molecule has 0 radical (unpaired) electrons. The molecule has 0 aromatic carbocycles. The van der Waals surface area contributed by atoms with Crippen molar-refractivity contribution >= 4 is 11.5 Å². The SMILES string of the molecule is Cc1nnc2c(N3CCC(O)C3)nccn12. The van der Waals surface area contributed by atoms with E-state index in [1.165, 1.54) is 0 Å². The molecule has 1 N–H and O–H groups in total. The van der Waals surface area contributed by atoms with Gasteiger partial charge < -0.3 is 10.0 Å². The van der Waals surface area contributed by atoms with Gasteiger partial charge in [-0.1, -0.05) is 0 Å². The molecular formula is C10H13N5O. The van der Waals surface area contributed by atoms with E-state index in [1.54, 1.807) is 6.20 Å². The molecule has 1 saturated heterocycles. The molecule has 1 fully saturated rings. The fourth-order valence-corrected chi connectivity index (χ4v) is 2.09. The summed E-state index contributed by atoms with van der Waals surface area (Å²) in [7, 11) is 0. The van der Waals surface area contributed by atoms with Gasteiger partial charge in [-0.15, -0.1) is 10.2 Å². The highest BCUT2D eigenvalue weighted by Crippen LogP contribution is 2.21. The van der Waals surface area contributed by atoms with Crippen LogP contribution in [0.5, 0.6) is 0 Å². The zero-order valence-corrected chi connectivity index (χ0v) is 9.04. The summed E-state index contributed by atoms with van der Waals surface area (Å²) in [5.74, 6) is 1.65. The van der Waals surface area contributed by atoms with Gasteiger partial charge in [-0.3, -0.25) is 4.40 Å². The minimum absolute atomic E-state index is 0.258. The van der Waals surface area contributed by atoms with Crippen LogP contribution in [0.15, 0.2) is 12.4 Å². The Bertz CT molecular complexity index is 523. The third-order valence-electron chi connectivity index (χ3n) is 2.94. The molecule has 2 aromatic rings. The summed E-state index contributed by atoms with van der Waals surface area (Å²) in [5, 5.41) is 17.7. The van der Waals surface area contributed by atoms with Gasteiger partial charge in [0.15, 0.2) is 5.82 Å². The van der Waals surface area contributed by atoms with Crippen molar-refractivity contribution in [2.45, 2.75) is 19.4 Å². The summed E-state index contributed by atoms with van der Waals surface area (Å²) >= 11 is 0. The maximum Gasteiger partial charge on any atom is 0.203 e. The lowest BCUT2D eigenvalue weighted by atomic mass is 10.3. The predicted molar refractivity (Wildman–Crippen MR) is 58.4 cm³/mol. The highest BCUT2D eigenvalue weighted by molar-refractivity contribution is 5.64. The molecule has 2 aromatic heterocycles. The van der Waals surface area contributed by atoms with Gasteiger partial charge in [-0.05, 0) is 13.3 Å². The summed E-state index contributed by atoms with van der Waals surface area (Å²) in [6.45, 7) is 3.35. The Kier molecular flexibility index (Phi) is 2.03. The Labute approximate surface area is 92.5 Å². The second kappa shape index (κ2) is 3.41. The molecule has 84 valence electrons. The number of aliphatic hydroxyl groups excluding tert-OH is 1. The first-order valence-electron chi connectivity index (χ1n) is 5.35. The molecule has 1 unspecified atom stereocenters. The molecule has 0 saturated carbocycles. The van der Waals surface area contributed by atoms with Gasteiger partial charge in [0.2, 0.25) is 5.65 Å². The molecule has 16 heavy (non-hydrogen) atoms. The van der Waals surface area contributed by atoms with Crippen LogP contribution in [0.25, 0.3) is 5.65 Å². The molecule has 6 heteroatoms. The number of hydrogen-bond donors (Lipinski definition) is 1. The van der Waals surface area contributed by atoms with Crippen LogP contribution < -0.4 is 4.90 Å². The van der Waals surface area contributed by atoms with Crippen LogP contribution in [0.4, 0.5) is 5.82 Å². The van der Waals surface area contributed by atoms with Gasteiger partial charge in [0.1, 0.15) is 5.82 Å². The van der Waals surface area contributed by atoms with Gasteiger partial charge in [0.25, 0.3) is 0 Å². The minimum Gasteiger partial charge on any atom is -0.391 e. The van der Waals surface area contributed by atoms with Crippen LogP contribution in [-0.2, 0) is 0 Å². The maximum atomic E-state index is 9.53. The fourth-order valence-electron chi connectivity index (χ4n) is 2.09. The summed E-state index contributed by atoms with van der Waals surface area (Å²) in [4.78, 5) is 6.38. The summed E-state index contributed by atoms with van der Waals surface area (Å²) < 4.78 is 1.91. The Balaban J connectivity index is 2.09. The molecule has 3 heterocycles. The topological polar surface area (TPSA) is 66.5 Å². The van der Waals surface area contributed by atoms with E-state index in [1.807, 2.05) is 22.4 Å². The molecule has 1 aliphatic rings. The Hall–Kier alpha value is -1.69. The summed E-state index contributed by atoms with van der Waals surface area (Å²) in [6.07, 6.45) is 4.12. The number of anilines is 1. The number of nitrogens with zero attached hydrogens (tertiary/aromatic N) is 5. The number of β-amino-alcohol motifs (C(OH)–C–C–N with tert-alkyl or cyclic N) is 1. The standard InChI is InChI=1S/C10H13N5O/c1-7-12-13-10-9(11-3-5-15(7)10)14-4-2-8(16)6-14/h3,5,8,16H,2,4,6H2,1H3. The smallest absolute Gasteiger partial charge is 0.203 e. The van der Waals surface area contributed by atoms with Crippen LogP contribution in [0, 0.1) is 6.92 Å². The maximum absolute atomic E-state index is 9.53. The van der Waals surface area contributed by atoms with E-state index in [4.69, 9.17) is 0 Å². The van der Waals surface area contributed by atoms with Crippen LogP contribution in [0.1, 0.15) is 12.2 Å². The highest BCUT2D eigenvalue weighted by atomic mass is 16.3. The average Bonchev–Trinajstić information content (AvgIpc) is 2.86. The van der Waals surface area contributed by atoms with Gasteiger partial charge >= 0.3 is 0 Å². The average molecular weight is 219 g/mol. The number of aromatic nitrogens is 4. The second-order valence-electron chi connectivity index (χ2n) is 4.08. The minimum atomic E-state index is -0.258. The van der Waals surface area contributed by atoms with Crippen LogP contribution in [-0.4, -0.2) is 43.9 Å². The van der Waals surface area contributed by atoms with Crippen LogP contribution in [0.2, 0.25) is 0 Å². The van der Waals surface area contributed by atoms with E-state index in [-0.39, 0.29) is 6.10 Å². The lowest BCUT2D eigenvalue weighted by molar-refractivity contribution is 0.198. The molecule has 6 nitrogen and oxygen atoms in total. The van der Waals surface area contributed by atoms with Crippen molar-refractivity contribution in [1.29, 1.82) is 0 Å². The van der Waals surface area contributed by atoms with Gasteiger partial charge in [0.05, 0.1) is 6.10 Å². The third kappa shape index (κ3) is 1.34. The first-order valence-corrected chi connectivity index (χ1v) is 5.35. The molecular weight excluding hydrogens is 206 g/mol. The lowest BCUT2D eigenvalue weighted by Crippen LogP contribution is -2.23. The van der Waals surface area contributed by atoms with Crippen molar-refractivity contribution < 1.29 is 5.11 Å². The number of hydrogen-bond acceptors (Lipinski definition) is 5.